The van der Waals surface area contributed by atoms with Crippen LogP contribution in [0.5, 0.6) is 11.5 Å². The maximum Gasteiger partial charge on any atom is 0.251 e. The van der Waals surface area contributed by atoms with Crippen LogP contribution >= 0.6 is 0 Å². The lowest BCUT2D eigenvalue weighted by Gasteiger charge is -2.13. The van der Waals surface area contributed by atoms with Crippen LogP contribution in [0.4, 0.5) is 0 Å². The summed E-state index contributed by atoms with van der Waals surface area (Å²) in [5.41, 5.74) is 2.62. The van der Waals surface area contributed by atoms with Crippen LogP contribution in [0.1, 0.15) is 21.8 Å². The lowest BCUT2D eigenvalue weighted by molar-refractivity contribution is 0.0950. The number of amides is 1. The van der Waals surface area contributed by atoms with Crippen LogP contribution in [0.3, 0.4) is 0 Å². The highest BCUT2D eigenvalue weighted by Gasteiger charge is 2.13. The fraction of sp³-hybridized carbons (Fsp3) is 0.300. The summed E-state index contributed by atoms with van der Waals surface area (Å²) in [5, 5.41) is 2.89. The van der Waals surface area contributed by atoms with E-state index in [2.05, 4.69) is 10.3 Å². The molecule has 1 aromatic heterocycles. The number of ether oxygens (including phenoxy) is 3. The van der Waals surface area contributed by atoms with Crippen molar-refractivity contribution in [1.29, 1.82) is 0 Å². The number of carbonyl (C=O) groups is 1. The van der Waals surface area contributed by atoms with Gasteiger partial charge in [-0.25, -0.2) is 4.98 Å². The molecule has 142 valence electrons. The first-order chi connectivity index (χ1) is 13.2. The van der Waals surface area contributed by atoms with E-state index < -0.39 is 0 Å². The molecule has 0 saturated heterocycles. The normalized spacial score (nSPS) is 10.8. The number of nitrogens with zero attached hydrogens (tertiary/aromatic N) is 1. The number of oxazole rings is 1. The smallest absolute Gasteiger partial charge is 0.251 e. The average Bonchev–Trinajstić information content (AvgIpc) is 3.11. The van der Waals surface area contributed by atoms with Gasteiger partial charge < -0.3 is 23.9 Å². The third-order valence-electron chi connectivity index (χ3n) is 4.14. The van der Waals surface area contributed by atoms with Crippen molar-refractivity contribution in [3.8, 4) is 11.5 Å². The van der Waals surface area contributed by atoms with Gasteiger partial charge in [0.2, 0.25) is 0 Å². The predicted octanol–water partition coefficient (Wildman–Crippen LogP) is 2.96. The number of methoxy groups -OCH3 is 3. The van der Waals surface area contributed by atoms with E-state index in [1.807, 2.05) is 18.2 Å². The molecule has 1 heterocycles. The number of hydrogen-bond acceptors (Lipinski definition) is 6. The van der Waals surface area contributed by atoms with Crippen LogP contribution in [0.2, 0.25) is 0 Å². The standard InChI is InChI=1S/C20H22N2O5/c1-24-10-9-18-22-15-8-7-13(11-17(15)27-18)20(23)21-12-14-5-4-6-16(25-2)19(14)26-3/h4-8,11H,9-10,12H2,1-3H3,(H,21,23). The van der Waals surface area contributed by atoms with Gasteiger partial charge in [-0.15, -0.1) is 0 Å². The lowest BCUT2D eigenvalue weighted by Crippen LogP contribution is -2.23. The fourth-order valence-electron chi connectivity index (χ4n) is 2.78. The molecule has 0 aliphatic carbocycles. The summed E-state index contributed by atoms with van der Waals surface area (Å²) in [5.74, 6) is 1.60. The van der Waals surface area contributed by atoms with Gasteiger partial charge in [0.05, 0.1) is 20.8 Å². The van der Waals surface area contributed by atoms with Gasteiger partial charge in [-0.2, -0.15) is 0 Å². The number of fused-ring (bicyclic) bond motifs is 1. The molecule has 1 N–H and O–H groups in total. The van der Waals surface area contributed by atoms with Gasteiger partial charge in [-0.3, -0.25) is 4.79 Å². The van der Waals surface area contributed by atoms with Crippen LogP contribution < -0.4 is 14.8 Å². The molecule has 0 radical (unpaired) electrons. The second-order valence-corrected chi connectivity index (χ2v) is 5.87. The molecule has 0 spiro atoms. The molecule has 0 saturated carbocycles. The topological polar surface area (TPSA) is 82.8 Å². The van der Waals surface area contributed by atoms with E-state index in [1.165, 1.54) is 0 Å². The Hall–Kier alpha value is -3.06. The van der Waals surface area contributed by atoms with E-state index in [0.29, 0.717) is 53.6 Å². The summed E-state index contributed by atoms with van der Waals surface area (Å²) >= 11 is 0. The Morgan fingerprint density at radius 1 is 1.15 bits per heavy atom. The number of hydrogen-bond donors (Lipinski definition) is 1. The van der Waals surface area contributed by atoms with Crippen molar-refractivity contribution in [2.24, 2.45) is 0 Å². The molecule has 0 aliphatic heterocycles. The molecular formula is C20H22N2O5. The maximum absolute atomic E-state index is 12.5. The van der Waals surface area contributed by atoms with Gasteiger partial charge in [0.15, 0.2) is 23.0 Å². The number of rotatable bonds is 8. The Kier molecular flexibility index (Phi) is 5.93. The molecule has 0 unspecified atom stereocenters. The third kappa shape index (κ3) is 4.20. The second kappa shape index (κ2) is 8.55. The highest BCUT2D eigenvalue weighted by atomic mass is 16.5. The van der Waals surface area contributed by atoms with Crippen molar-refractivity contribution in [3.05, 3.63) is 53.4 Å². The SMILES string of the molecule is COCCc1nc2ccc(C(=O)NCc3cccc(OC)c3OC)cc2o1. The zero-order valence-electron chi connectivity index (χ0n) is 15.6. The minimum atomic E-state index is -0.211. The molecule has 2 aromatic carbocycles. The van der Waals surface area contributed by atoms with Crippen molar-refractivity contribution >= 4 is 17.0 Å². The summed E-state index contributed by atoms with van der Waals surface area (Å²) in [6.07, 6.45) is 0.586. The van der Waals surface area contributed by atoms with E-state index in [-0.39, 0.29) is 5.91 Å². The second-order valence-electron chi connectivity index (χ2n) is 5.87. The van der Waals surface area contributed by atoms with Crippen molar-refractivity contribution in [3.63, 3.8) is 0 Å². The average molecular weight is 370 g/mol. The van der Waals surface area contributed by atoms with Crippen molar-refractivity contribution in [2.45, 2.75) is 13.0 Å². The van der Waals surface area contributed by atoms with Gasteiger partial charge in [-0.05, 0) is 24.3 Å². The number of nitrogens with one attached hydrogen (secondary N) is 1. The maximum atomic E-state index is 12.5. The molecule has 3 aromatic rings. The Labute approximate surface area is 157 Å². The Balaban J connectivity index is 1.73. The molecule has 27 heavy (non-hydrogen) atoms. The zero-order chi connectivity index (χ0) is 19.2. The fourth-order valence-corrected chi connectivity index (χ4v) is 2.78. The lowest BCUT2D eigenvalue weighted by atomic mass is 10.1. The van der Waals surface area contributed by atoms with Crippen molar-refractivity contribution in [1.82, 2.24) is 10.3 Å². The van der Waals surface area contributed by atoms with Crippen LogP contribution in [0.25, 0.3) is 11.1 Å². The Bertz CT molecular complexity index is 935. The van der Waals surface area contributed by atoms with Crippen LogP contribution in [-0.4, -0.2) is 38.8 Å². The first-order valence-corrected chi connectivity index (χ1v) is 8.52. The van der Waals surface area contributed by atoms with Gasteiger partial charge in [0.25, 0.3) is 5.91 Å². The molecule has 0 fully saturated rings. The highest BCUT2D eigenvalue weighted by molar-refractivity contribution is 5.97. The van der Waals surface area contributed by atoms with Crippen molar-refractivity contribution < 1.29 is 23.4 Å². The molecular weight excluding hydrogens is 348 g/mol. The van der Waals surface area contributed by atoms with E-state index >= 15 is 0 Å². The van der Waals surface area contributed by atoms with Crippen molar-refractivity contribution in [2.75, 3.05) is 27.9 Å². The summed E-state index contributed by atoms with van der Waals surface area (Å²) in [7, 11) is 4.78. The Morgan fingerprint density at radius 2 is 2.00 bits per heavy atom. The first kappa shape index (κ1) is 18.7. The summed E-state index contributed by atoms with van der Waals surface area (Å²) in [6, 6.07) is 10.7. The molecule has 7 heteroatoms. The zero-order valence-corrected chi connectivity index (χ0v) is 15.6. The quantitative estimate of drug-likeness (QED) is 0.656. The van der Waals surface area contributed by atoms with E-state index in [1.54, 1.807) is 39.5 Å². The largest absolute Gasteiger partial charge is 0.493 e. The van der Waals surface area contributed by atoms with Crippen LogP contribution in [0, 0.1) is 0 Å². The Morgan fingerprint density at radius 3 is 2.74 bits per heavy atom. The van der Waals surface area contributed by atoms with Gasteiger partial charge in [0, 0.05) is 31.2 Å². The van der Waals surface area contributed by atoms with E-state index in [0.717, 1.165) is 5.56 Å². The molecule has 0 aliphatic rings. The highest BCUT2D eigenvalue weighted by Crippen LogP contribution is 2.30. The molecule has 3 rings (SSSR count). The van der Waals surface area contributed by atoms with E-state index in [9.17, 15) is 4.79 Å². The summed E-state index contributed by atoms with van der Waals surface area (Å²) in [4.78, 5) is 16.9. The van der Waals surface area contributed by atoms with Gasteiger partial charge in [-0.1, -0.05) is 12.1 Å². The van der Waals surface area contributed by atoms with Gasteiger partial charge in [0.1, 0.15) is 5.52 Å². The van der Waals surface area contributed by atoms with Crippen LogP contribution in [-0.2, 0) is 17.7 Å². The monoisotopic (exact) mass is 370 g/mol. The molecule has 1 amide bonds. The number of benzene rings is 2. The number of aromatic nitrogens is 1. The number of para-hydroxylation sites is 1. The minimum Gasteiger partial charge on any atom is -0.493 e. The van der Waals surface area contributed by atoms with Crippen LogP contribution in [0.15, 0.2) is 40.8 Å². The molecule has 0 atom stereocenters. The summed E-state index contributed by atoms with van der Waals surface area (Å²) < 4.78 is 21.4. The summed E-state index contributed by atoms with van der Waals surface area (Å²) in [6.45, 7) is 0.843. The van der Waals surface area contributed by atoms with Gasteiger partial charge >= 0.3 is 0 Å². The number of carbonyl (C=O) groups excluding carboxylic acids is 1. The third-order valence-corrected chi connectivity index (χ3v) is 4.14. The minimum absolute atomic E-state index is 0.211. The molecule has 0 bridgehead atoms. The predicted molar refractivity (Wildman–Crippen MR) is 100 cm³/mol. The van der Waals surface area contributed by atoms with E-state index in [4.69, 9.17) is 18.6 Å². The first-order valence-electron chi connectivity index (χ1n) is 8.52. The molecule has 7 nitrogen and oxygen atoms in total.